The second kappa shape index (κ2) is 6.22. The maximum absolute atomic E-state index is 12.5. The molecule has 3 nitrogen and oxygen atoms in total. The van der Waals surface area contributed by atoms with Crippen LogP contribution in [0.1, 0.15) is 34.8 Å². The van der Waals surface area contributed by atoms with Crippen LogP contribution in [-0.2, 0) is 0 Å². The van der Waals surface area contributed by atoms with E-state index < -0.39 is 0 Å². The lowest BCUT2D eigenvalue weighted by molar-refractivity contribution is 0.0931. The molecule has 114 valence electrons. The van der Waals surface area contributed by atoms with E-state index in [1.807, 2.05) is 61.5 Å². The fraction of sp³-hybridized carbons (Fsp3) is 0.316. The van der Waals surface area contributed by atoms with Gasteiger partial charge in [-0.05, 0) is 48.6 Å². The zero-order chi connectivity index (χ0) is 15.5. The molecule has 0 aliphatic heterocycles. The molecule has 1 aliphatic rings. The van der Waals surface area contributed by atoms with Crippen molar-refractivity contribution < 1.29 is 4.79 Å². The minimum absolute atomic E-state index is 0.00561. The summed E-state index contributed by atoms with van der Waals surface area (Å²) >= 11 is 0. The van der Waals surface area contributed by atoms with E-state index in [0.29, 0.717) is 11.5 Å². The van der Waals surface area contributed by atoms with Gasteiger partial charge in [0.2, 0.25) is 0 Å². The van der Waals surface area contributed by atoms with Crippen molar-refractivity contribution in [3.05, 3.63) is 65.7 Å². The van der Waals surface area contributed by atoms with Crippen LogP contribution in [0.5, 0.6) is 0 Å². The van der Waals surface area contributed by atoms with E-state index in [-0.39, 0.29) is 11.9 Å². The highest BCUT2D eigenvalue weighted by molar-refractivity contribution is 5.94. The molecule has 1 N–H and O–H groups in total. The fourth-order valence-electron chi connectivity index (χ4n) is 2.70. The summed E-state index contributed by atoms with van der Waals surface area (Å²) in [7, 11) is 3.99. The van der Waals surface area contributed by atoms with Crippen molar-refractivity contribution in [2.75, 3.05) is 19.0 Å². The molecule has 1 unspecified atom stereocenters. The molecule has 1 atom stereocenters. The van der Waals surface area contributed by atoms with E-state index in [0.717, 1.165) is 5.69 Å². The van der Waals surface area contributed by atoms with E-state index in [2.05, 4.69) is 17.4 Å². The Morgan fingerprint density at radius 1 is 1.05 bits per heavy atom. The average molecular weight is 294 g/mol. The summed E-state index contributed by atoms with van der Waals surface area (Å²) in [6, 6.07) is 18.1. The van der Waals surface area contributed by atoms with Gasteiger partial charge >= 0.3 is 0 Å². The number of hydrogen-bond donors (Lipinski definition) is 1. The highest BCUT2D eigenvalue weighted by Crippen LogP contribution is 2.41. The van der Waals surface area contributed by atoms with Gasteiger partial charge in [-0.1, -0.05) is 30.3 Å². The zero-order valence-corrected chi connectivity index (χ0v) is 13.1. The number of benzene rings is 2. The highest BCUT2D eigenvalue weighted by atomic mass is 16.1. The Labute approximate surface area is 132 Å². The van der Waals surface area contributed by atoms with Crippen LogP contribution in [0.4, 0.5) is 5.69 Å². The molecule has 0 spiro atoms. The standard InChI is InChI=1S/C19H22N2O/c1-21(2)17-12-10-16(11-13-17)19(22)20-18(15-8-9-15)14-6-4-3-5-7-14/h3-7,10-13,15,18H,8-9H2,1-2H3,(H,20,22). The van der Waals surface area contributed by atoms with Crippen molar-refractivity contribution in [1.29, 1.82) is 0 Å². The zero-order valence-electron chi connectivity index (χ0n) is 13.1. The number of amides is 1. The number of carbonyl (C=O) groups excluding carboxylic acids is 1. The molecule has 0 heterocycles. The van der Waals surface area contributed by atoms with Crippen molar-refractivity contribution in [3.8, 4) is 0 Å². The van der Waals surface area contributed by atoms with Gasteiger partial charge in [-0.25, -0.2) is 0 Å². The van der Waals surface area contributed by atoms with E-state index in [1.54, 1.807) is 0 Å². The number of hydrogen-bond acceptors (Lipinski definition) is 2. The molecule has 3 heteroatoms. The molecule has 1 fully saturated rings. The van der Waals surface area contributed by atoms with Gasteiger partial charge in [-0.2, -0.15) is 0 Å². The second-order valence-corrected chi connectivity index (χ2v) is 6.14. The maximum atomic E-state index is 12.5. The summed E-state index contributed by atoms with van der Waals surface area (Å²) in [6.45, 7) is 0. The lowest BCUT2D eigenvalue weighted by Gasteiger charge is -2.19. The van der Waals surface area contributed by atoms with E-state index in [9.17, 15) is 4.79 Å². The number of carbonyl (C=O) groups is 1. The van der Waals surface area contributed by atoms with Gasteiger partial charge < -0.3 is 10.2 Å². The first-order valence-corrected chi connectivity index (χ1v) is 7.78. The van der Waals surface area contributed by atoms with Gasteiger partial charge in [0.15, 0.2) is 0 Å². The molecule has 0 saturated heterocycles. The van der Waals surface area contributed by atoms with E-state index in [4.69, 9.17) is 0 Å². The Kier molecular flexibility index (Phi) is 4.14. The predicted octanol–water partition coefficient (Wildman–Crippen LogP) is 3.63. The summed E-state index contributed by atoms with van der Waals surface area (Å²) in [5, 5.41) is 3.21. The monoisotopic (exact) mass is 294 g/mol. The van der Waals surface area contributed by atoms with Crippen molar-refractivity contribution >= 4 is 11.6 Å². The number of rotatable bonds is 5. The highest BCUT2D eigenvalue weighted by Gasteiger charge is 2.33. The lowest BCUT2D eigenvalue weighted by atomic mass is 10.0. The van der Waals surface area contributed by atoms with Crippen molar-refractivity contribution in [2.45, 2.75) is 18.9 Å². The fourth-order valence-corrected chi connectivity index (χ4v) is 2.70. The minimum atomic E-state index is 0.00561. The molecule has 1 amide bonds. The summed E-state index contributed by atoms with van der Waals surface area (Å²) in [5.41, 5.74) is 3.01. The first-order valence-electron chi connectivity index (χ1n) is 7.78. The first-order chi connectivity index (χ1) is 10.6. The van der Waals surface area contributed by atoms with Crippen LogP contribution in [0.25, 0.3) is 0 Å². The van der Waals surface area contributed by atoms with Crippen LogP contribution in [-0.4, -0.2) is 20.0 Å². The molecular formula is C19H22N2O. The molecular weight excluding hydrogens is 272 g/mol. The SMILES string of the molecule is CN(C)c1ccc(C(=O)NC(c2ccccc2)C2CC2)cc1. The molecule has 1 saturated carbocycles. The maximum Gasteiger partial charge on any atom is 0.251 e. The summed E-state index contributed by atoms with van der Waals surface area (Å²) in [4.78, 5) is 14.5. The Hall–Kier alpha value is -2.29. The largest absolute Gasteiger partial charge is 0.378 e. The lowest BCUT2D eigenvalue weighted by Crippen LogP contribution is -2.29. The topological polar surface area (TPSA) is 32.3 Å². The van der Waals surface area contributed by atoms with Gasteiger partial charge in [0.1, 0.15) is 0 Å². The Balaban J connectivity index is 1.74. The molecule has 0 radical (unpaired) electrons. The van der Waals surface area contributed by atoms with Crippen LogP contribution in [0.2, 0.25) is 0 Å². The molecule has 0 aromatic heterocycles. The van der Waals surface area contributed by atoms with Crippen LogP contribution in [0.15, 0.2) is 54.6 Å². The van der Waals surface area contributed by atoms with Gasteiger partial charge in [0, 0.05) is 25.3 Å². The van der Waals surface area contributed by atoms with E-state index in [1.165, 1.54) is 18.4 Å². The minimum Gasteiger partial charge on any atom is -0.378 e. The smallest absolute Gasteiger partial charge is 0.251 e. The van der Waals surface area contributed by atoms with E-state index >= 15 is 0 Å². The van der Waals surface area contributed by atoms with Crippen LogP contribution < -0.4 is 10.2 Å². The number of nitrogens with one attached hydrogen (secondary N) is 1. The third kappa shape index (κ3) is 3.30. The first kappa shape index (κ1) is 14.6. The summed E-state index contributed by atoms with van der Waals surface area (Å²) < 4.78 is 0. The number of nitrogens with zero attached hydrogens (tertiary/aromatic N) is 1. The van der Waals surface area contributed by atoms with Crippen LogP contribution >= 0.6 is 0 Å². The van der Waals surface area contributed by atoms with Gasteiger partial charge in [0.05, 0.1) is 6.04 Å². The third-order valence-corrected chi connectivity index (χ3v) is 4.18. The second-order valence-electron chi connectivity index (χ2n) is 6.14. The molecule has 0 bridgehead atoms. The Bertz CT molecular complexity index is 630. The summed E-state index contributed by atoms with van der Waals surface area (Å²) in [5.74, 6) is 0.582. The molecule has 2 aromatic carbocycles. The van der Waals surface area contributed by atoms with Crippen molar-refractivity contribution in [3.63, 3.8) is 0 Å². The Morgan fingerprint density at radius 3 is 2.23 bits per heavy atom. The molecule has 2 aromatic rings. The molecule has 22 heavy (non-hydrogen) atoms. The van der Waals surface area contributed by atoms with Crippen LogP contribution in [0.3, 0.4) is 0 Å². The van der Waals surface area contributed by atoms with Gasteiger partial charge in [-0.3, -0.25) is 4.79 Å². The van der Waals surface area contributed by atoms with Crippen LogP contribution in [0, 0.1) is 5.92 Å². The van der Waals surface area contributed by atoms with Gasteiger partial charge in [-0.15, -0.1) is 0 Å². The Morgan fingerprint density at radius 2 is 1.68 bits per heavy atom. The molecule has 1 aliphatic carbocycles. The molecule has 3 rings (SSSR count). The third-order valence-electron chi connectivity index (χ3n) is 4.18. The summed E-state index contributed by atoms with van der Waals surface area (Å²) in [6.07, 6.45) is 2.39. The van der Waals surface area contributed by atoms with Crippen molar-refractivity contribution in [2.24, 2.45) is 5.92 Å². The van der Waals surface area contributed by atoms with Crippen molar-refractivity contribution in [1.82, 2.24) is 5.32 Å². The average Bonchev–Trinajstić information content (AvgIpc) is 3.38. The normalized spacial score (nSPS) is 15.2. The predicted molar refractivity (Wildman–Crippen MR) is 90.1 cm³/mol. The van der Waals surface area contributed by atoms with Gasteiger partial charge in [0.25, 0.3) is 5.91 Å². The number of anilines is 1. The quantitative estimate of drug-likeness (QED) is 0.913.